The molecule has 0 unspecified atom stereocenters. The van der Waals surface area contributed by atoms with E-state index in [1.54, 1.807) is 0 Å². The summed E-state index contributed by atoms with van der Waals surface area (Å²) in [6.07, 6.45) is 2.18. The van der Waals surface area contributed by atoms with Gasteiger partial charge in [-0.15, -0.1) is 0 Å². The summed E-state index contributed by atoms with van der Waals surface area (Å²) >= 11 is 0. The molecule has 0 aliphatic heterocycles. The van der Waals surface area contributed by atoms with Crippen LogP contribution < -0.4 is 5.32 Å². The van der Waals surface area contributed by atoms with Crippen LogP contribution in [0.25, 0.3) is 10.9 Å². The average Bonchev–Trinajstić information content (AvgIpc) is 2.97. The predicted octanol–water partition coefficient (Wildman–Crippen LogP) is 2.38. The first-order valence-corrected chi connectivity index (χ1v) is 6.09. The van der Waals surface area contributed by atoms with Crippen LogP contribution in [0, 0.1) is 6.92 Å². The van der Waals surface area contributed by atoms with Crippen molar-refractivity contribution in [3.05, 3.63) is 47.8 Å². The van der Waals surface area contributed by atoms with Crippen molar-refractivity contribution in [2.45, 2.75) is 13.3 Å². The number of rotatable bonds is 3. The number of fused-ring (bicyclic) bond motifs is 1. The number of anilines is 1. The van der Waals surface area contributed by atoms with Crippen molar-refractivity contribution in [1.29, 1.82) is 0 Å². The molecule has 19 heavy (non-hydrogen) atoms. The number of hydrogen-bond acceptors (Lipinski definition) is 2. The Labute approximate surface area is 110 Å². The first-order valence-electron chi connectivity index (χ1n) is 6.09. The Morgan fingerprint density at radius 2 is 2.21 bits per heavy atom. The quantitative estimate of drug-likeness (QED) is 0.671. The Hall–Kier alpha value is -2.56. The summed E-state index contributed by atoms with van der Waals surface area (Å²) in [6.45, 7) is 1.96. The lowest BCUT2D eigenvalue weighted by atomic mass is 10.2. The second kappa shape index (κ2) is 4.61. The fraction of sp³-hybridized carbons (Fsp3) is 0.143. The molecule has 3 rings (SSSR count). The first-order chi connectivity index (χ1) is 9.22. The number of aryl methyl sites for hydroxylation is 1. The predicted molar refractivity (Wildman–Crippen MR) is 74.0 cm³/mol. The number of nitrogens with zero attached hydrogens (tertiary/aromatic N) is 1. The van der Waals surface area contributed by atoms with Crippen molar-refractivity contribution >= 4 is 22.6 Å². The number of aromatic nitrogens is 3. The van der Waals surface area contributed by atoms with Gasteiger partial charge < -0.3 is 10.3 Å². The third-order valence-electron chi connectivity index (χ3n) is 2.98. The molecule has 5 nitrogen and oxygen atoms in total. The number of carbonyl (C=O) groups is 1. The van der Waals surface area contributed by atoms with Crippen molar-refractivity contribution in [2.75, 3.05) is 5.32 Å². The summed E-state index contributed by atoms with van der Waals surface area (Å²) in [5, 5.41) is 10.8. The smallest absolute Gasteiger partial charge is 0.230 e. The van der Waals surface area contributed by atoms with E-state index >= 15 is 0 Å². The van der Waals surface area contributed by atoms with Gasteiger partial charge in [-0.2, -0.15) is 5.10 Å². The van der Waals surface area contributed by atoms with Crippen molar-refractivity contribution in [2.24, 2.45) is 0 Å². The second-order valence-electron chi connectivity index (χ2n) is 4.53. The molecule has 3 N–H and O–H groups in total. The molecular weight excluding hydrogens is 240 g/mol. The summed E-state index contributed by atoms with van der Waals surface area (Å²) < 4.78 is 0. The van der Waals surface area contributed by atoms with Crippen LogP contribution in [0.2, 0.25) is 0 Å². The minimum Gasteiger partial charge on any atom is -0.365 e. The Balaban J connectivity index is 1.76. The zero-order valence-electron chi connectivity index (χ0n) is 10.5. The van der Waals surface area contributed by atoms with E-state index in [9.17, 15) is 4.79 Å². The largest absolute Gasteiger partial charge is 0.365 e. The lowest BCUT2D eigenvalue weighted by Gasteiger charge is -2.00. The Morgan fingerprint density at radius 3 is 3.00 bits per heavy atom. The number of hydrogen-bond donors (Lipinski definition) is 3. The lowest BCUT2D eigenvalue weighted by Crippen LogP contribution is -2.14. The third-order valence-corrected chi connectivity index (χ3v) is 2.98. The van der Waals surface area contributed by atoms with Gasteiger partial charge in [-0.1, -0.05) is 12.1 Å². The molecule has 5 heteroatoms. The van der Waals surface area contributed by atoms with Crippen molar-refractivity contribution in [3.63, 3.8) is 0 Å². The van der Waals surface area contributed by atoms with Crippen molar-refractivity contribution < 1.29 is 4.79 Å². The number of carbonyl (C=O) groups excluding carboxylic acids is 1. The maximum absolute atomic E-state index is 12.0. The molecule has 0 atom stereocenters. The number of para-hydroxylation sites is 1. The molecule has 0 aliphatic carbocycles. The molecule has 1 amide bonds. The lowest BCUT2D eigenvalue weighted by molar-refractivity contribution is -0.115. The molecule has 0 saturated heterocycles. The minimum absolute atomic E-state index is 0.0729. The van der Waals surface area contributed by atoms with Gasteiger partial charge in [0.05, 0.1) is 11.9 Å². The Bertz CT molecular complexity index is 726. The topological polar surface area (TPSA) is 73.6 Å². The van der Waals surface area contributed by atoms with Crippen LogP contribution in [-0.2, 0) is 11.2 Å². The fourth-order valence-electron chi connectivity index (χ4n) is 2.09. The molecule has 0 radical (unpaired) electrons. The first kappa shape index (κ1) is 11.5. The second-order valence-corrected chi connectivity index (χ2v) is 4.53. The summed E-state index contributed by atoms with van der Waals surface area (Å²) in [5.74, 6) is 0.504. The van der Waals surface area contributed by atoms with Gasteiger partial charge in [-0.05, 0) is 30.7 Å². The van der Waals surface area contributed by atoms with Crippen molar-refractivity contribution in [1.82, 2.24) is 15.2 Å². The summed E-state index contributed by atoms with van der Waals surface area (Å²) in [4.78, 5) is 15.0. The molecule has 0 spiro atoms. The molecule has 0 fully saturated rings. The van der Waals surface area contributed by atoms with Crippen molar-refractivity contribution in [3.8, 4) is 0 Å². The van der Waals surface area contributed by atoms with E-state index < -0.39 is 0 Å². The van der Waals surface area contributed by atoms with Crippen LogP contribution in [0.4, 0.5) is 5.82 Å². The number of benzene rings is 1. The van der Waals surface area contributed by atoms with E-state index in [0.717, 1.165) is 22.2 Å². The molecule has 0 bridgehead atoms. The van der Waals surface area contributed by atoms with Gasteiger partial charge in [0.15, 0.2) is 5.82 Å². The van der Waals surface area contributed by atoms with E-state index in [1.807, 2.05) is 43.5 Å². The number of aromatic amines is 2. The fourth-order valence-corrected chi connectivity index (χ4v) is 2.09. The third kappa shape index (κ3) is 2.35. The zero-order valence-corrected chi connectivity index (χ0v) is 10.5. The van der Waals surface area contributed by atoms with E-state index in [-0.39, 0.29) is 5.91 Å². The van der Waals surface area contributed by atoms with Gasteiger partial charge >= 0.3 is 0 Å². The number of nitrogens with one attached hydrogen (secondary N) is 3. The summed E-state index contributed by atoms with van der Waals surface area (Å²) in [6, 6.07) is 9.66. The average molecular weight is 254 g/mol. The van der Waals surface area contributed by atoms with E-state index in [1.165, 1.54) is 0 Å². The molecule has 0 saturated carbocycles. The minimum atomic E-state index is -0.0729. The number of H-pyrrole nitrogens is 2. The van der Waals surface area contributed by atoms with E-state index in [2.05, 4.69) is 20.5 Å². The molecule has 2 aromatic heterocycles. The molecule has 3 aromatic rings. The van der Waals surface area contributed by atoms with Gasteiger partial charge in [0.1, 0.15) is 0 Å². The zero-order chi connectivity index (χ0) is 13.2. The van der Waals surface area contributed by atoms with Crippen LogP contribution in [0.3, 0.4) is 0 Å². The molecule has 1 aromatic carbocycles. The standard InChI is InChI=1S/C14H14N4O/c1-9-6-10(8-15-9)7-13(19)16-14-11-4-2-3-5-12(11)17-18-14/h2-6,8,15H,7H2,1H3,(H2,16,17,18,19). The highest BCUT2D eigenvalue weighted by Crippen LogP contribution is 2.19. The summed E-state index contributed by atoms with van der Waals surface area (Å²) in [7, 11) is 0. The van der Waals surface area contributed by atoms with Crippen LogP contribution in [0.5, 0.6) is 0 Å². The van der Waals surface area contributed by atoms with Crippen LogP contribution in [0.1, 0.15) is 11.3 Å². The van der Waals surface area contributed by atoms with Gasteiger partial charge in [0.2, 0.25) is 5.91 Å². The normalized spacial score (nSPS) is 10.8. The highest BCUT2D eigenvalue weighted by molar-refractivity contribution is 6.00. The van der Waals surface area contributed by atoms with Gasteiger partial charge in [0, 0.05) is 17.3 Å². The maximum atomic E-state index is 12.0. The Kier molecular flexibility index (Phi) is 2.79. The molecule has 0 aliphatic rings. The van der Waals surface area contributed by atoms with Gasteiger partial charge in [-0.25, -0.2) is 0 Å². The van der Waals surface area contributed by atoms with Crippen LogP contribution >= 0.6 is 0 Å². The number of amides is 1. The highest BCUT2D eigenvalue weighted by atomic mass is 16.1. The van der Waals surface area contributed by atoms with Crippen LogP contribution in [-0.4, -0.2) is 21.1 Å². The van der Waals surface area contributed by atoms with Crippen LogP contribution in [0.15, 0.2) is 36.5 Å². The monoisotopic (exact) mass is 254 g/mol. The van der Waals surface area contributed by atoms with E-state index in [4.69, 9.17) is 0 Å². The SMILES string of the molecule is Cc1cc(CC(=O)Nc2n[nH]c3ccccc23)c[nH]1. The maximum Gasteiger partial charge on any atom is 0.230 e. The van der Waals surface area contributed by atoms with Gasteiger partial charge in [0.25, 0.3) is 0 Å². The van der Waals surface area contributed by atoms with E-state index in [0.29, 0.717) is 12.2 Å². The molecule has 96 valence electrons. The highest BCUT2D eigenvalue weighted by Gasteiger charge is 2.10. The van der Waals surface area contributed by atoms with Gasteiger partial charge in [-0.3, -0.25) is 9.89 Å². The Morgan fingerprint density at radius 1 is 1.37 bits per heavy atom. The molecular formula is C14H14N4O. The molecule has 2 heterocycles. The summed E-state index contributed by atoms with van der Waals surface area (Å²) in [5.41, 5.74) is 2.93.